The molecule has 1 atom stereocenters. The average molecular weight is 168 g/mol. The van der Waals surface area contributed by atoms with E-state index in [1.807, 2.05) is 0 Å². The van der Waals surface area contributed by atoms with Crippen molar-refractivity contribution in [3.8, 4) is 12.2 Å². The van der Waals surface area contributed by atoms with Gasteiger partial charge in [0.05, 0.1) is 0 Å². The number of carbonyl (C=O) groups excluding carboxylic acids is 1. The minimum absolute atomic E-state index is 0.539. The predicted molar refractivity (Wildman–Crippen MR) is 45.7 cm³/mol. The lowest BCUT2D eigenvalue weighted by atomic mass is 10.4. The van der Waals surface area contributed by atoms with E-state index in [0.29, 0.717) is 6.54 Å². The van der Waals surface area contributed by atoms with Crippen LogP contribution in [0.5, 0.6) is 0 Å². The zero-order valence-electron chi connectivity index (χ0n) is 6.96. The first-order valence-electron chi connectivity index (χ1n) is 3.48. The molecular weight excluding hydrogens is 156 g/mol. The van der Waals surface area contributed by atoms with Crippen LogP contribution in [0, 0.1) is 12.2 Å². The van der Waals surface area contributed by atoms with Crippen LogP contribution >= 0.6 is 0 Å². The molecule has 4 nitrogen and oxygen atoms in total. The molecule has 66 valence electrons. The van der Waals surface area contributed by atoms with E-state index in [1.54, 1.807) is 6.08 Å². The molecule has 12 heavy (non-hydrogen) atoms. The van der Waals surface area contributed by atoms with Crippen LogP contribution in [0.3, 0.4) is 0 Å². The van der Waals surface area contributed by atoms with Gasteiger partial charge in [-0.05, 0) is 6.92 Å². The quantitative estimate of drug-likeness (QED) is 0.197. The number of nitrogens with two attached hydrogens (primary N) is 1. The largest absolute Gasteiger partial charge is 0.369 e. The Bertz CT molecular complexity index is 213. The van der Waals surface area contributed by atoms with Crippen LogP contribution in [-0.2, 0) is 9.53 Å². The van der Waals surface area contributed by atoms with Crippen molar-refractivity contribution in [2.45, 2.75) is 13.0 Å². The van der Waals surface area contributed by atoms with E-state index >= 15 is 0 Å². The summed E-state index contributed by atoms with van der Waals surface area (Å²) in [4.78, 5) is 10.7. The van der Waals surface area contributed by atoms with Crippen molar-refractivity contribution in [1.29, 1.82) is 0 Å². The molecule has 0 unspecified atom stereocenters. The highest BCUT2D eigenvalue weighted by atomic mass is 16.5. The second-order valence-corrected chi connectivity index (χ2v) is 2.11. The van der Waals surface area contributed by atoms with Crippen molar-refractivity contribution in [2.24, 2.45) is 5.73 Å². The van der Waals surface area contributed by atoms with Gasteiger partial charge in [0.15, 0.2) is 0 Å². The van der Waals surface area contributed by atoms with Crippen molar-refractivity contribution in [1.82, 2.24) is 5.32 Å². The van der Waals surface area contributed by atoms with E-state index in [2.05, 4.69) is 28.8 Å². The molecule has 0 aliphatic heterocycles. The van der Waals surface area contributed by atoms with Crippen molar-refractivity contribution in [2.75, 3.05) is 6.54 Å². The Hall–Kier alpha value is -1.47. The Labute approximate surface area is 71.8 Å². The number of esters is 1. The first-order chi connectivity index (χ1) is 5.68. The second-order valence-electron chi connectivity index (χ2n) is 2.11. The highest BCUT2D eigenvalue weighted by Gasteiger charge is 2.06. The van der Waals surface area contributed by atoms with Crippen LogP contribution in [0.4, 0.5) is 0 Å². The fourth-order valence-corrected chi connectivity index (χ4v) is 0.328. The highest BCUT2D eigenvalue weighted by molar-refractivity contribution is 5.75. The molecular formula is C8H12N2O2. The molecule has 3 N–H and O–H groups in total. The number of rotatable bonds is 3. The standard InChI is InChI=1S/C8H12N2O2/c1-3-4-10-5-6-12-8(11)7(2)9/h3,7,10H,1,4,9H2,2H3/t7-/m0/s1. The van der Waals surface area contributed by atoms with Gasteiger partial charge in [-0.25, -0.2) is 4.79 Å². The first-order valence-corrected chi connectivity index (χ1v) is 3.48. The minimum Gasteiger partial charge on any atom is -0.369 e. The van der Waals surface area contributed by atoms with Gasteiger partial charge in [0.1, 0.15) is 12.1 Å². The summed E-state index contributed by atoms with van der Waals surface area (Å²) in [6, 6.07) is 1.76. The third-order valence-corrected chi connectivity index (χ3v) is 0.909. The Balaban J connectivity index is 3.56. The monoisotopic (exact) mass is 168 g/mol. The van der Waals surface area contributed by atoms with E-state index in [0.717, 1.165) is 0 Å². The molecule has 0 rings (SSSR count). The summed E-state index contributed by atoms with van der Waals surface area (Å²) < 4.78 is 4.43. The number of nitrogens with one attached hydrogen (secondary N) is 1. The van der Waals surface area contributed by atoms with Gasteiger partial charge in [0, 0.05) is 12.6 Å². The first kappa shape index (κ1) is 10.5. The van der Waals surface area contributed by atoms with Gasteiger partial charge in [-0.2, -0.15) is 0 Å². The topological polar surface area (TPSA) is 64.3 Å². The maximum Gasteiger partial charge on any atom is 0.336 e. The van der Waals surface area contributed by atoms with Gasteiger partial charge in [-0.3, -0.25) is 0 Å². The SMILES string of the molecule is C=CCNC#COC(=O)[C@H](C)N. The smallest absolute Gasteiger partial charge is 0.336 e. The minimum atomic E-state index is -0.640. The fourth-order valence-electron chi connectivity index (χ4n) is 0.328. The highest BCUT2D eigenvalue weighted by Crippen LogP contribution is 1.79. The number of ether oxygens (including phenoxy) is 1. The maximum absolute atomic E-state index is 10.7. The lowest BCUT2D eigenvalue weighted by Crippen LogP contribution is -2.27. The third kappa shape index (κ3) is 5.33. The van der Waals surface area contributed by atoms with Crippen molar-refractivity contribution in [3.63, 3.8) is 0 Å². The van der Waals surface area contributed by atoms with Crippen molar-refractivity contribution >= 4 is 5.97 Å². The Morgan fingerprint density at radius 1 is 1.92 bits per heavy atom. The van der Waals surface area contributed by atoms with Gasteiger partial charge in [0.25, 0.3) is 0 Å². The molecule has 0 aromatic rings. The number of carbonyl (C=O) groups is 1. The molecule has 4 heteroatoms. The van der Waals surface area contributed by atoms with E-state index in [9.17, 15) is 4.79 Å². The second kappa shape index (κ2) is 6.25. The van der Waals surface area contributed by atoms with E-state index < -0.39 is 12.0 Å². The summed E-state index contributed by atoms with van der Waals surface area (Å²) in [6.07, 6.45) is 3.80. The van der Waals surface area contributed by atoms with Crippen LogP contribution in [-0.4, -0.2) is 18.6 Å². The summed E-state index contributed by atoms with van der Waals surface area (Å²) in [5, 5.41) is 2.63. The van der Waals surface area contributed by atoms with Crippen LogP contribution in [0.25, 0.3) is 0 Å². The number of hydrogen-bond donors (Lipinski definition) is 2. The molecule has 0 fully saturated rings. The Morgan fingerprint density at radius 2 is 2.58 bits per heavy atom. The van der Waals surface area contributed by atoms with E-state index in [4.69, 9.17) is 5.73 Å². The molecule has 0 saturated carbocycles. The van der Waals surface area contributed by atoms with Crippen LogP contribution in [0.15, 0.2) is 12.7 Å². The molecule has 0 saturated heterocycles. The van der Waals surface area contributed by atoms with Gasteiger partial charge >= 0.3 is 5.97 Å². The van der Waals surface area contributed by atoms with Crippen molar-refractivity contribution in [3.05, 3.63) is 12.7 Å². The van der Waals surface area contributed by atoms with Gasteiger partial charge in [0.2, 0.25) is 0 Å². The molecule has 0 aliphatic carbocycles. The zero-order chi connectivity index (χ0) is 9.40. The van der Waals surface area contributed by atoms with Crippen LogP contribution in [0.1, 0.15) is 6.92 Å². The zero-order valence-corrected chi connectivity index (χ0v) is 6.96. The molecule has 0 aromatic heterocycles. The van der Waals surface area contributed by atoms with Crippen molar-refractivity contribution < 1.29 is 9.53 Å². The Kier molecular flexibility index (Phi) is 5.49. The molecule has 0 heterocycles. The molecule has 0 spiro atoms. The molecule has 0 bridgehead atoms. The van der Waals surface area contributed by atoms with Crippen LogP contribution in [0.2, 0.25) is 0 Å². The summed E-state index contributed by atoms with van der Waals surface area (Å²) in [7, 11) is 0. The average Bonchev–Trinajstić information content (AvgIpc) is 2.03. The summed E-state index contributed by atoms with van der Waals surface area (Å²) >= 11 is 0. The van der Waals surface area contributed by atoms with Gasteiger partial charge < -0.3 is 15.8 Å². The summed E-state index contributed by atoms with van der Waals surface area (Å²) in [5.74, 6) is -0.539. The molecule has 0 aliphatic rings. The predicted octanol–water partition coefficient (Wildman–Crippen LogP) is -0.429. The van der Waals surface area contributed by atoms with Gasteiger partial charge in [-0.15, -0.1) is 6.58 Å². The van der Waals surface area contributed by atoms with Crippen LogP contribution < -0.4 is 11.1 Å². The number of hydrogen-bond acceptors (Lipinski definition) is 4. The lowest BCUT2D eigenvalue weighted by Gasteiger charge is -1.97. The summed E-state index contributed by atoms with van der Waals surface area (Å²) in [6.45, 7) is 5.54. The third-order valence-electron chi connectivity index (χ3n) is 0.909. The molecule has 0 aromatic carbocycles. The summed E-state index contributed by atoms with van der Waals surface area (Å²) in [5.41, 5.74) is 5.20. The molecule has 0 amide bonds. The van der Waals surface area contributed by atoms with E-state index in [-0.39, 0.29) is 0 Å². The van der Waals surface area contributed by atoms with Gasteiger partial charge in [-0.1, -0.05) is 6.08 Å². The Morgan fingerprint density at radius 3 is 3.08 bits per heavy atom. The fraction of sp³-hybridized carbons (Fsp3) is 0.375. The normalized spacial score (nSPS) is 10.5. The maximum atomic E-state index is 10.7. The molecule has 0 radical (unpaired) electrons. The van der Waals surface area contributed by atoms with E-state index in [1.165, 1.54) is 6.92 Å². The lowest BCUT2D eigenvalue weighted by molar-refractivity contribution is -0.137.